The van der Waals surface area contributed by atoms with Crippen LogP contribution in [0.4, 0.5) is 0 Å². The van der Waals surface area contributed by atoms with Crippen LogP contribution in [-0.2, 0) is 22.9 Å². The van der Waals surface area contributed by atoms with Gasteiger partial charge in [0.05, 0.1) is 5.75 Å². The number of fused-ring (bicyclic) bond motifs is 1. The number of alkyl halides is 1. The van der Waals surface area contributed by atoms with Crippen molar-refractivity contribution in [1.82, 2.24) is 4.72 Å². The Hall–Kier alpha value is -0.580. The molecule has 1 aromatic carbocycles. The zero-order chi connectivity index (χ0) is 13.0. The molecule has 0 spiro atoms. The summed E-state index contributed by atoms with van der Waals surface area (Å²) in [5.41, 5.74) is 2.51. The predicted octanol–water partition coefficient (Wildman–Crippen LogP) is 2.09. The molecule has 5 heteroatoms. The van der Waals surface area contributed by atoms with Gasteiger partial charge >= 0.3 is 0 Å². The lowest BCUT2D eigenvalue weighted by Gasteiger charge is -2.12. The third kappa shape index (κ3) is 3.70. The van der Waals surface area contributed by atoms with Crippen molar-refractivity contribution in [1.29, 1.82) is 0 Å². The second-order valence-electron chi connectivity index (χ2n) is 4.71. The molecule has 2 rings (SSSR count). The van der Waals surface area contributed by atoms with E-state index in [-0.39, 0.29) is 11.8 Å². The Labute approximate surface area is 114 Å². The van der Waals surface area contributed by atoms with Crippen LogP contribution in [-0.4, -0.2) is 26.1 Å². The highest BCUT2D eigenvalue weighted by Gasteiger charge is 2.24. The van der Waals surface area contributed by atoms with Crippen molar-refractivity contribution in [2.24, 2.45) is 0 Å². The molecule has 1 aliphatic carbocycles. The van der Waals surface area contributed by atoms with Gasteiger partial charge in [0.1, 0.15) is 0 Å². The highest BCUT2D eigenvalue weighted by molar-refractivity contribution is 7.89. The van der Waals surface area contributed by atoms with E-state index < -0.39 is 10.0 Å². The molecule has 1 aromatic rings. The maximum Gasteiger partial charge on any atom is 0.211 e. The zero-order valence-corrected chi connectivity index (χ0v) is 11.8. The smallest absolute Gasteiger partial charge is 0.211 e. The second kappa shape index (κ2) is 6.04. The van der Waals surface area contributed by atoms with Crippen molar-refractivity contribution in [3.63, 3.8) is 0 Å². The molecule has 100 valence electrons. The van der Waals surface area contributed by atoms with Gasteiger partial charge in [0.2, 0.25) is 10.0 Å². The van der Waals surface area contributed by atoms with Crippen molar-refractivity contribution in [3.05, 3.63) is 35.4 Å². The Morgan fingerprint density at radius 1 is 1.17 bits per heavy atom. The van der Waals surface area contributed by atoms with E-state index in [1.54, 1.807) is 0 Å². The van der Waals surface area contributed by atoms with Gasteiger partial charge in [0, 0.05) is 11.9 Å². The summed E-state index contributed by atoms with van der Waals surface area (Å²) in [4.78, 5) is 0. The van der Waals surface area contributed by atoms with E-state index in [9.17, 15) is 8.42 Å². The van der Waals surface area contributed by atoms with Gasteiger partial charge in [-0.05, 0) is 36.8 Å². The van der Waals surface area contributed by atoms with Crippen molar-refractivity contribution >= 4 is 21.6 Å². The monoisotopic (exact) mass is 287 g/mol. The third-order valence-corrected chi connectivity index (χ3v) is 4.98. The van der Waals surface area contributed by atoms with Gasteiger partial charge < -0.3 is 0 Å². The van der Waals surface area contributed by atoms with Gasteiger partial charge in [-0.25, -0.2) is 13.1 Å². The molecule has 3 nitrogen and oxygen atoms in total. The van der Waals surface area contributed by atoms with Crippen LogP contribution in [0.5, 0.6) is 0 Å². The summed E-state index contributed by atoms with van der Waals surface area (Å²) in [6, 6.07) is 8.14. The molecule has 18 heavy (non-hydrogen) atoms. The standard InChI is InChI=1S/C13H18ClNO2S/c14-7-3-4-8-18(16,17)15-13-9-11-5-1-2-6-12(11)10-13/h1-2,5-6,13,15H,3-4,7-10H2. The van der Waals surface area contributed by atoms with Gasteiger partial charge in [-0.1, -0.05) is 24.3 Å². The summed E-state index contributed by atoms with van der Waals surface area (Å²) in [6.07, 6.45) is 2.96. The lowest BCUT2D eigenvalue weighted by atomic mass is 10.1. The maximum atomic E-state index is 11.9. The average Bonchev–Trinajstić information content (AvgIpc) is 2.70. The summed E-state index contributed by atoms with van der Waals surface area (Å²) in [7, 11) is -3.16. The molecule has 0 amide bonds. The van der Waals surface area contributed by atoms with Gasteiger partial charge in [-0.15, -0.1) is 11.6 Å². The maximum absolute atomic E-state index is 11.9. The minimum atomic E-state index is -3.16. The number of hydrogen-bond acceptors (Lipinski definition) is 2. The second-order valence-corrected chi connectivity index (χ2v) is 6.96. The van der Waals surface area contributed by atoms with Crippen LogP contribution < -0.4 is 4.72 Å². The quantitative estimate of drug-likeness (QED) is 0.643. The Morgan fingerprint density at radius 3 is 2.33 bits per heavy atom. The van der Waals surface area contributed by atoms with Crippen LogP contribution in [0, 0.1) is 0 Å². The minimum absolute atomic E-state index is 0.0170. The normalized spacial score (nSPS) is 15.8. The molecule has 0 saturated carbocycles. The lowest BCUT2D eigenvalue weighted by molar-refractivity contribution is 0.553. The minimum Gasteiger partial charge on any atom is -0.212 e. The average molecular weight is 288 g/mol. The van der Waals surface area contributed by atoms with E-state index in [0.29, 0.717) is 12.3 Å². The molecule has 0 atom stereocenters. The van der Waals surface area contributed by atoms with E-state index in [0.717, 1.165) is 19.3 Å². The number of unbranched alkanes of at least 4 members (excludes halogenated alkanes) is 1. The first-order valence-corrected chi connectivity index (χ1v) is 8.42. The Bertz CT molecular complexity index is 476. The fourth-order valence-electron chi connectivity index (χ4n) is 2.34. The van der Waals surface area contributed by atoms with Gasteiger partial charge in [0.25, 0.3) is 0 Å². The van der Waals surface area contributed by atoms with Crippen LogP contribution in [0.1, 0.15) is 24.0 Å². The molecule has 0 aromatic heterocycles. The van der Waals surface area contributed by atoms with Crippen LogP contribution in [0.25, 0.3) is 0 Å². The van der Waals surface area contributed by atoms with Crippen molar-refractivity contribution in [3.8, 4) is 0 Å². The topological polar surface area (TPSA) is 46.2 Å². The number of nitrogens with one attached hydrogen (secondary N) is 1. The molecule has 0 unspecified atom stereocenters. The first-order valence-electron chi connectivity index (χ1n) is 6.23. The molecule has 0 heterocycles. The van der Waals surface area contributed by atoms with Gasteiger partial charge in [-0.2, -0.15) is 0 Å². The summed E-state index contributed by atoms with van der Waals surface area (Å²) < 4.78 is 26.5. The summed E-state index contributed by atoms with van der Waals surface area (Å²) in [5, 5.41) is 0. The SMILES string of the molecule is O=S(=O)(CCCCCl)NC1Cc2ccccc2C1. The van der Waals surface area contributed by atoms with Crippen LogP contribution in [0.3, 0.4) is 0 Å². The first-order chi connectivity index (χ1) is 8.61. The number of sulfonamides is 1. The number of halogens is 1. The van der Waals surface area contributed by atoms with Crippen molar-refractivity contribution < 1.29 is 8.42 Å². The third-order valence-electron chi connectivity index (χ3n) is 3.19. The van der Waals surface area contributed by atoms with Crippen LogP contribution in [0.15, 0.2) is 24.3 Å². The summed E-state index contributed by atoms with van der Waals surface area (Å²) in [6.45, 7) is 0. The van der Waals surface area contributed by atoms with E-state index in [1.165, 1.54) is 11.1 Å². The Morgan fingerprint density at radius 2 is 1.78 bits per heavy atom. The van der Waals surface area contributed by atoms with E-state index in [1.807, 2.05) is 12.1 Å². The molecular formula is C13H18ClNO2S. The van der Waals surface area contributed by atoms with Gasteiger partial charge in [0.15, 0.2) is 0 Å². The molecule has 0 aliphatic heterocycles. The van der Waals surface area contributed by atoms with E-state index >= 15 is 0 Å². The summed E-state index contributed by atoms with van der Waals surface area (Å²) >= 11 is 5.55. The molecule has 0 fully saturated rings. The number of hydrogen-bond donors (Lipinski definition) is 1. The predicted molar refractivity (Wildman–Crippen MR) is 74.5 cm³/mol. The molecule has 1 N–H and O–H groups in total. The number of rotatable bonds is 6. The number of benzene rings is 1. The van der Waals surface area contributed by atoms with Crippen LogP contribution in [0.2, 0.25) is 0 Å². The van der Waals surface area contributed by atoms with E-state index in [4.69, 9.17) is 11.6 Å². The van der Waals surface area contributed by atoms with Crippen molar-refractivity contribution in [2.75, 3.05) is 11.6 Å². The molecule has 0 saturated heterocycles. The van der Waals surface area contributed by atoms with Gasteiger partial charge in [-0.3, -0.25) is 0 Å². The lowest BCUT2D eigenvalue weighted by Crippen LogP contribution is -2.36. The molecular weight excluding hydrogens is 270 g/mol. The van der Waals surface area contributed by atoms with Crippen molar-refractivity contribution in [2.45, 2.75) is 31.7 Å². The Kier molecular flexibility index (Phi) is 4.65. The molecule has 0 bridgehead atoms. The largest absolute Gasteiger partial charge is 0.212 e. The Balaban J connectivity index is 1.89. The molecule has 0 radical (unpaired) electrons. The molecule has 1 aliphatic rings. The zero-order valence-electron chi connectivity index (χ0n) is 10.2. The highest BCUT2D eigenvalue weighted by Crippen LogP contribution is 2.22. The first kappa shape index (κ1) is 13.8. The fourth-order valence-corrected chi connectivity index (χ4v) is 3.91. The van der Waals surface area contributed by atoms with Crippen LogP contribution >= 0.6 is 11.6 Å². The fraction of sp³-hybridized carbons (Fsp3) is 0.538. The highest BCUT2D eigenvalue weighted by atomic mass is 35.5. The van der Waals surface area contributed by atoms with E-state index in [2.05, 4.69) is 16.9 Å². The summed E-state index contributed by atoms with van der Waals surface area (Å²) in [5.74, 6) is 0.691.